The Morgan fingerprint density at radius 2 is 1.84 bits per heavy atom. The maximum absolute atomic E-state index is 14.4. The van der Waals surface area contributed by atoms with Gasteiger partial charge in [0.1, 0.15) is 34.2 Å². The fourth-order valence-corrected chi connectivity index (χ4v) is 5.36. The first-order valence-electron chi connectivity index (χ1n) is 12.0. The van der Waals surface area contributed by atoms with Crippen LogP contribution in [0.5, 0.6) is 0 Å². The Labute approximate surface area is 214 Å². The van der Waals surface area contributed by atoms with E-state index >= 15 is 0 Å². The van der Waals surface area contributed by atoms with Gasteiger partial charge < -0.3 is 19.6 Å². The molecule has 5 rings (SSSR count). The molecular formula is C25H26F4N5O4+. The van der Waals surface area contributed by atoms with Crippen molar-refractivity contribution in [2.24, 2.45) is 0 Å². The van der Waals surface area contributed by atoms with Crippen LogP contribution < -0.4 is 5.41 Å². The number of carbonyl (C=O) groups excluding carboxylic acids is 2. The zero-order valence-electron chi connectivity index (χ0n) is 20.5. The van der Waals surface area contributed by atoms with Crippen molar-refractivity contribution in [3.63, 3.8) is 0 Å². The Kier molecular flexibility index (Phi) is 6.18. The summed E-state index contributed by atoms with van der Waals surface area (Å²) in [5.74, 6) is -2.18. The minimum atomic E-state index is -4.92. The lowest BCUT2D eigenvalue weighted by Crippen LogP contribution is -2.64. The molecule has 2 saturated heterocycles. The van der Waals surface area contributed by atoms with E-state index in [1.807, 2.05) is 0 Å². The van der Waals surface area contributed by atoms with E-state index in [2.05, 4.69) is 4.98 Å². The fourth-order valence-electron chi connectivity index (χ4n) is 5.36. The number of carbonyl (C=O) groups is 2. The number of aliphatic hydroxyl groups is 1. The molecule has 1 aromatic heterocycles. The number of halogens is 4. The summed E-state index contributed by atoms with van der Waals surface area (Å²) < 4.78 is 62.9. The Morgan fingerprint density at radius 3 is 2.47 bits per heavy atom. The summed E-state index contributed by atoms with van der Waals surface area (Å²) in [5.41, 5.74) is -4.41. The predicted molar refractivity (Wildman–Crippen MR) is 125 cm³/mol. The molecule has 1 aromatic carbocycles. The number of piperazine rings is 1. The molecule has 3 aliphatic rings. The van der Waals surface area contributed by atoms with Crippen molar-refractivity contribution in [1.82, 2.24) is 19.4 Å². The van der Waals surface area contributed by atoms with E-state index in [1.54, 1.807) is 6.92 Å². The van der Waals surface area contributed by atoms with Gasteiger partial charge in [0, 0.05) is 50.8 Å². The molecule has 2 fully saturated rings. The average Bonchev–Trinajstić information content (AvgIpc) is 3.40. The van der Waals surface area contributed by atoms with Gasteiger partial charge in [-0.1, -0.05) is 0 Å². The number of amides is 2. The zero-order valence-corrected chi connectivity index (χ0v) is 20.5. The number of ether oxygens (including phenoxy) is 1. The highest BCUT2D eigenvalue weighted by atomic mass is 19.4. The molecule has 0 saturated carbocycles. The number of fused-ring (bicyclic) bond motifs is 3. The first-order valence-corrected chi connectivity index (χ1v) is 12.0. The molecule has 0 aliphatic carbocycles. The molecule has 202 valence electrons. The summed E-state index contributed by atoms with van der Waals surface area (Å²) in [5, 5.41) is 16.9. The van der Waals surface area contributed by atoms with Crippen molar-refractivity contribution in [3.8, 4) is 0 Å². The number of alkyl halides is 3. The van der Waals surface area contributed by atoms with Gasteiger partial charge in [0.2, 0.25) is 5.71 Å². The van der Waals surface area contributed by atoms with E-state index in [1.165, 1.54) is 26.5 Å². The third kappa shape index (κ3) is 4.19. The molecule has 2 amide bonds. The Hall–Kier alpha value is -3.58. The molecule has 2 aromatic rings. The molecule has 38 heavy (non-hydrogen) atoms. The van der Waals surface area contributed by atoms with Gasteiger partial charge in [-0.15, -0.1) is 0 Å². The highest BCUT2D eigenvalue weighted by Crippen LogP contribution is 2.42. The number of imidazole rings is 1. The van der Waals surface area contributed by atoms with Crippen molar-refractivity contribution in [1.29, 1.82) is 0 Å². The molecule has 13 heteroatoms. The SMILES string of the molecule is CC12CN(C(=O)C3(O)CCOCC3)CCN1C(=O)c1cnc(C(=CC(=[NH2+])c3ccc(F)cc3)C(F)(F)F)n12. The first-order chi connectivity index (χ1) is 17.8. The second kappa shape index (κ2) is 9.02. The van der Waals surface area contributed by atoms with Crippen LogP contribution in [-0.4, -0.2) is 86.6 Å². The van der Waals surface area contributed by atoms with Crippen molar-refractivity contribution in [2.45, 2.75) is 37.2 Å². The third-order valence-electron chi connectivity index (χ3n) is 7.40. The van der Waals surface area contributed by atoms with Crippen LogP contribution in [0.15, 0.2) is 36.5 Å². The van der Waals surface area contributed by atoms with Crippen molar-refractivity contribution < 1.29 is 42.4 Å². The van der Waals surface area contributed by atoms with E-state index in [9.17, 15) is 32.3 Å². The van der Waals surface area contributed by atoms with Gasteiger partial charge in [-0.3, -0.25) is 19.6 Å². The van der Waals surface area contributed by atoms with Crippen molar-refractivity contribution >= 4 is 23.1 Å². The number of aromatic nitrogens is 2. The number of allylic oxidation sites excluding steroid dienone is 2. The Balaban J connectivity index is 1.54. The topological polar surface area (TPSA) is 113 Å². The summed E-state index contributed by atoms with van der Waals surface area (Å²) in [6.45, 7) is 1.99. The van der Waals surface area contributed by atoms with Crippen LogP contribution in [0, 0.1) is 5.82 Å². The van der Waals surface area contributed by atoms with Gasteiger partial charge in [0.05, 0.1) is 12.7 Å². The lowest BCUT2D eigenvalue weighted by Gasteiger charge is -2.47. The number of nitrogens with two attached hydrogens (primary N) is 1. The molecule has 0 spiro atoms. The van der Waals surface area contributed by atoms with E-state index in [4.69, 9.17) is 10.1 Å². The van der Waals surface area contributed by atoms with Crippen LogP contribution in [-0.2, 0) is 15.2 Å². The van der Waals surface area contributed by atoms with E-state index in [0.29, 0.717) is 6.08 Å². The van der Waals surface area contributed by atoms with Gasteiger partial charge in [-0.25, -0.2) is 9.37 Å². The number of hydrogen-bond donors (Lipinski definition) is 2. The second-order valence-electron chi connectivity index (χ2n) is 9.86. The molecule has 0 radical (unpaired) electrons. The summed E-state index contributed by atoms with van der Waals surface area (Å²) in [7, 11) is 0. The molecule has 3 aliphatic heterocycles. The highest BCUT2D eigenvalue weighted by Gasteiger charge is 2.55. The van der Waals surface area contributed by atoms with Gasteiger partial charge in [-0.05, 0) is 31.2 Å². The lowest BCUT2D eigenvalue weighted by atomic mass is 9.91. The first kappa shape index (κ1) is 26.0. The van der Waals surface area contributed by atoms with Gasteiger partial charge in [0.25, 0.3) is 11.8 Å². The maximum Gasteiger partial charge on any atom is 0.420 e. The summed E-state index contributed by atoms with van der Waals surface area (Å²) in [4.78, 5) is 33.2. The van der Waals surface area contributed by atoms with Crippen LogP contribution in [0.3, 0.4) is 0 Å². The average molecular weight is 537 g/mol. The standard InChI is InChI=1S/C25H25F4N5O4/c1-23-14-32(22(36)24(37)6-10-38-11-7-24)8-9-33(23)21(35)19-13-31-20(34(19)23)17(25(27,28)29)12-18(30)15-2-4-16(26)5-3-15/h2-5,12-13,30,37H,6-11,14H2,1H3/p+1. The largest absolute Gasteiger partial charge is 0.420 e. The molecule has 9 nitrogen and oxygen atoms in total. The van der Waals surface area contributed by atoms with Crippen LogP contribution in [0.25, 0.3) is 5.57 Å². The van der Waals surface area contributed by atoms with E-state index < -0.39 is 46.5 Å². The minimum absolute atomic E-state index is 0.0583. The van der Waals surface area contributed by atoms with Crippen LogP contribution in [0.2, 0.25) is 0 Å². The smallest absolute Gasteiger partial charge is 0.381 e. The summed E-state index contributed by atoms with van der Waals surface area (Å²) in [6, 6.07) is 4.66. The molecule has 4 heterocycles. The normalized spacial score (nSPS) is 23.3. The molecule has 1 atom stereocenters. The fraction of sp³-hybridized carbons (Fsp3) is 0.440. The van der Waals surface area contributed by atoms with E-state index in [-0.39, 0.29) is 62.7 Å². The number of nitrogens with zero attached hydrogens (tertiary/aromatic N) is 4. The Morgan fingerprint density at radius 1 is 1.18 bits per heavy atom. The molecule has 3 N–H and O–H groups in total. The summed E-state index contributed by atoms with van der Waals surface area (Å²) in [6.07, 6.45) is -2.94. The van der Waals surface area contributed by atoms with E-state index in [0.717, 1.165) is 18.3 Å². The van der Waals surface area contributed by atoms with Crippen molar-refractivity contribution in [3.05, 3.63) is 59.4 Å². The number of hydrogen-bond acceptors (Lipinski definition) is 5. The number of rotatable bonds is 4. The van der Waals surface area contributed by atoms with Crippen LogP contribution in [0.4, 0.5) is 17.6 Å². The van der Waals surface area contributed by atoms with Crippen LogP contribution in [0.1, 0.15) is 41.6 Å². The van der Waals surface area contributed by atoms with Gasteiger partial charge in [0.15, 0.2) is 0 Å². The monoisotopic (exact) mass is 536 g/mol. The van der Waals surface area contributed by atoms with Gasteiger partial charge in [-0.2, -0.15) is 13.2 Å². The molecule has 1 unspecified atom stereocenters. The minimum Gasteiger partial charge on any atom is -0.381 e. The maximum atomic E-state index is 14.4. The van der Waals surface area contributed by atoms with Crippen LogP contribution >= 0.6 is 0 Å². The van der Waals surface area contributed by atoms with Crippen molar-refractivity contribution in [2.75, 3.05) is 32.8 Å². The molecule has 0 bridgehead atoms. The zero-order chi connectivity index (χ0) is 27.5. The predicted octanol–water partition coefficient (Wildman–Crippen LogP) is 0.729. The highest BCUT2D eigenvalue weighted by molar-refractivity contribution is 6.08. The van der Waals surface area contributed by atoms with Gasteiger partial charge >= 0.3 is 6.18 Å². The number of benzene rings is 1. The lowest BCUT2D eigenvalue weighted by molar-refractivity contribution is -0.166. The quantitative estimate of drug-likeness (QED) is 0.442. The summed E-state index contributed by atoms with van der Waals surface area (Å²) >= 11 is 0. The molecular weight excluding hydrogens is 510 g/mol. The third-order valence-corrected chi connectivity index (χ3v) is 7.40. The second-order valence-corrected chi connectivity index (χ2v) is 9.86. The Bertz CT molecular complexity index is 1330.